The van der Waals surface area contributed by atoms with Crippen molar-refractivity contribution >= 4 is 11.0 Å². The zero-order valence-electron chi connectivity index (χ0n) is 6.36. The molecule has 0 aliphatic rings. The number of aromatic nitrogens is 1. The highest BCUT2D eigenvalue weighted by Crippen LogP contribution is 2.08. The Balaban J connectivity index is 2.95. The second kappa shape index (κ2) is 2.55. The molecular weight excluding hydrogens is 177 g/mol. The Morgan fingerprint density at radius 3 is 3.00 bits per heavy atom. The maximum Gasteiger partial charge on any atom is 0.281 e. The van der Waals surface area contributed by atoms with Crippen molar-refractivity contribution in [1.29, 1.82) is 0 Å². The fraction of sp³-hybridized carbons (Fsp3) is 0. The van der Waals surface area contributed by atoms with Gasteiger partial charge in [0, 0.05) is 4.90 Å². The number of hydrogen-bond acceptors (Lipinski definition) is 3. The van der Waals surface area contributed by atoms with Gasteiger partial charge in [0.25, 0.3) is 11.6 Å². The van der Waals surface area contributed by atoms with Gasteiger partial charge in [-0.2, -0.15) is 0 Å². The molecular formula is C8H4FNO3. The van der Waals surface area contributed by atoms with E-state index in [-0.39, 0.29) is 15.9 Å². The van der Waals surface area contributed by atoms with E-state index in [4.69, 9.17) is 0 Å². The maximum absolute atomic E-state index is 12.7. The fourth-order valence-corrected chi connectivity index (χ4v) is 1.06. The van der Waals surface area contributed by atoms with Crippen LogP contribution in [0.2, 0.25) is 0 Å². The number of halogens is 1. The number of nitrogens with zero attached hydrogens (tertiary/aromatic N) is 1. The summed E-state index contributed by atoms with van der Waals surface area (Å²) in [7, 11) is 0. The van der Waals surface area contributed by atoms with Crippen LogP contribution in [0.1, 0.15) is 0 Å². The SMILES string of the molecule is O=c1c[n+]([O-])oc2ccc(F)cc12. The molecule has 0 radical (unpaired) electrons. The molecule has 0 fully saturated rings. The Morgan fingerprint density at radius 2 is 2.23 bits per heavy atom. The minimum absolute atomic E-state index is 0.0442. The number of rotatable bonds is 0. The summed E-state index contributed by atoms with van der Waals surface area (Å²) < 4.78 is 17.2. The first kappa shape index (κ1) is 7.72. The molecule has 66 valence electrons. The lowest BCUT2D eigenvalue weighted by Crippen LogP contribution is -2.29. The summed E-state index contributed by atoms with van der Waals surface area (Å²) >= 11 is 0. The van der Waals surface area contributed by atoms with Gasteiger partial charge in [-0.05, 0) is 18.2 Å². The normalized spacial score (nSPS) is 10.5. The molecule has 0 bridgehead atoms. The van der Waals surface area contributed by atoms with Crippen molar-refractivity contribution in [3.05, 3.63) is 45.6 Å². The van der Waals surface area contributed by atoms with Crippen LogP contribution < -0.4 is 10.3 Å². The van der Waals surface area contributed by atoms with Crippen LogP contribution in [-0.4, -0.2) is 0 Å². The third kappa shape index (κ3) is 1.24. The first-order valence-corrected chi connectivity index (χ1v) is 3.50. The second-order valence-electron chi connectivity index (χ2n) is 2.51. The predicted octanol–water partition coefficient (Wildman–Crippen LogP) is 0.566. The average Bonchev–Trinajstić information content (AvgIpc) is 2.06. The average molecular weight is 181 g/mol. The summed E-state index contributed by atoms with van der Waals surface area (Å²) in [5.41, 5.74) is -0.486. The second-order valence-corrected chi connectivity index (χ2v) is 2.51. The number of hydrogen-bond donors (Lipinski definition) is 0. The van der Waals surface area contributed by atoms with Crippen molar-refractivity contribution in [2.75, 3.05) is 0 Å². The summed E-state index contributed by atoms with van der Waals surface area (Å²) in [6.45, 7) is 0. The zero-order chi connectivity index (χ0) is 9.42. The highest BCUT2D eigenvalue weighted by atomic mass is 19.1. The van der Waals surface area contributed by atoms with E-state index >= 15 is 0 Å². The van der Waals surface area contributed by atoms with E-state index in [1.54, 1.807) is 0 Å². The molecule has 0 spiro atoms. The first-order chi connectivity index (χ1) is 6.16. The monoisotopic (exact) mass is 181 g/mol. The van der Waals surface area contributed by atoms with Crippen molar-refractivity contribution < 1.29 is 13.8 Å². The van der Waals surface area contributed by atoms with Gasteiger partial charge in [-0.25, -0.2) is 4.39 Å². The van der Waals surface area contributed by atoms with Gasteiger partial charge in [-0.15, -0.1) is 0 Å². The Hall–Kier alpha value is -1.91. The standard InChI is InChI=1S/C8H4FNO3/c9-5-1-2-8-6(3-5)7(11)4-10(12)13-8/h1-4H. The topological polar surface area (TPSA) is 57.1 Å². The van der Waals surface area contributed by atoms with E-state index in [0.29, 0.717) is 6.20 Å². The summed E-state index contributed by atoms with van der Waals surface area (Å²) in [4.78, 5) is 11.1. The van der Waals surface area contributed by atoms with Crippen LogP contribution in [0.25, 0.3) is 11.0 Å². The largest absolute Gasteiger partial charge is 0.367 e. The van der Waals surface area contributed by atoms with Gasteiger partial charge in [0.05, 0.1) is 11.0 Å². The van der Waals surface area contributed by atoms with E-state index in [1.807, 2.05) is 0 Å². The predicted molar refractivity (Wildman–Crippen MR) is 41.4 cm³/mol. The molecule has 5 heteroatoms. The molecule has 0 saturated carbocycles. The van der Waals surface area contributed by atoms with Crippen LogP contribution in [0.3, 0.4) is 0 Å². The Morgan fingerprint density at radius 1 is 1.46 bits per heavy atom. The van der Waals surface area contributed by atoms with Gasteiger partial charge in [0.15, 0.2) is 0 Å². The van der Waals surface area contributed by atoms with E-state index in [1.165, 1.54) is 6.07 Å². The molecule has 0 saturated heterocycles. The molecule has 0 unspecified atom stereocenters. The Bertz CT molecular complexity index is 520. The van der Waals surface area contributed by atoms with Crippen molar-refractivity contribution in [1.82, 2.24) is 0 Å². The van der Waals surface area contributed by atoms with E-state index in [9.17, 15) is 14.4 Å². The summed E-state index contributed by atoms with van der Waals surface area (Å²) in [5.74, 6) is -0.538. The third-order valence-corrected chi connectivity index (χ3v) is 1.62. The quantitative estimate of drug-likeness (QED) is 0.558. The number of fused-ring (bicyclic) bond motifs is 1. The van der Waals surface area contributed by atoms with Crippen molar-refractivity contribution in [3.63, 3.8) is 0 Å². The van der Waals surface area contributed by atoms with Gasteiger partial charge in [0.1, 0.15) is 5.82 Å². The van der Waals surface area contributed by atoms with Crippen LogP contribution >= 0.6 is 0 Å². The summed E-state index contributed by atoms with van der Waals surface area (Å²) in [6, 6.07) is 3.38. The van der Waals surface area contributed by atoms with Crippen molar-refractivity contribution in [2.45, 2.75) is 0 Å². The lowest BCUT2D eigenvalue weighted by Gasteiger charge is -1.96. The third-order valence-electron chi connectivity index (χ3n) is 1.62. The van der Waals surface area contributed by atoms with Crippen LogP contribution in [0.15, 0.2) is 33.7 Å². The molecule has 0 aliphatic heterocycles. The molecule has 1 aromatic carbocycles. The molecule has 0 atom stereocenters. The molecule has 0 N–H and O–H groups in total. The van der Waals surface area contributed by atoms with Gasteiger partial charge < -0.3 is 4.52 Å². The minimum Gasteiger partial charge on any atom is -0.367 e. The van der Waals surface area contributed by atoms with Crippen LogP contribution in [0.5, 0.6) is 0 Å². The molecule has 2 rings (SSSR count). The molecule has 0 aliphatic carbocycles. The van der Waals surface area contributed by atoms with Crippen LogP contribution in [0.4, 0.5) is 4.39 Å². The molecule has 2 aromatic rings. The first-order valence-electron chi connectivity index (χ1n) is 3.50. The van der Waals surface area contributed by atoms with E-state index in [2.05, 4.69) is 4.52 Å². The van der Waals surface area contributed by atoms with Gasteiger partial charge in [0.2, 0.25) is 0 Å². The lowest BCUT2D eigenvalue weighted by molar-refractivity contribution is -0.793. The minimum atomic E-state index is -0.559. The molecule has 1 heterocycles. The highest BCUT2D eigenvalue weighted by molar-refractivity contribution is 5.75. The van der Waals surface area contributed by atoms with Gasteiger partial charge >= 0.3 is 0 Å². The summed E-state index contributed by atoms with van der Waals surface area (Å²) in [5, 5.41) is 10.7. The maximum atomic E-state index is 12.7. The molecule has 13 heavy (non-hydrogen) atoms. The van der Waals surface area contributed by atoms with Crippen LogP contribution in [0, 0.1) is 11.0 Å². The van der Waals surface area contributed by atoms with Crippen LogP contribution in [-0.2, 0) is 0 Å². The number of benzene rings is 1. The molecule has 4 nitrogen and oxygen atoms in total. The zero-order valence-corrected chi connectivity index (χ0v) is 6.36. The Kier molecular flexibility index (Phi) is 1.51. The van der Waals surface area contributed by atoms with E-state index < -0.39 is 11.2 Å². The summed E-state index contributed by atoms with van der Waals surface area (Å²) in [6.07, 6.45) is 0.710. The smallest absolute Gasteiger partial charge is 0.281 e. The lowest BCUT2D eigenvalue weighted by atomic mass is 10.2. The molecule has 0 amide bonds. The van der Waals surface area contributed by atoms with E-state index in [0.717, 1.165) is 12.1 Å². The van der Waals surface area contributed by atoms with Gasteiger partial charge in [-0.3, -0.25) is 10.0 Å². The fourth-order valence-electron chi connectivity index (χ4n) is 1.06. The Labute approximate surface area is 71.4 Å². The highest BCUT2D eigenvalue weighted by Gasteiger charge is 2.03. The van der Waals surface area contributed by atoms with Gasteiger partial charge in [-0.1, -0.05) is 0 Å². The van der Waals surface area contributed by atoms with Crippen molar-refractivity contribution in [3.8, 4) is 0 Å². The molecule has 1 aromatic heterocycles. The van der Waals surface area contributed by atoms with Crippen molar-refractivity contribution in [2.24, 2.45) is 0 Å².